The SMILES string of the molecule is CCOC(=O)C(=NCc1ccccc1F)NNc1ccc(C)cc1. The van der Waals surface area contributed by atoms with Crippen molar-refractivity contribution in [3.8, 4) is 0 Å². The minimum atomic E-state index is -0.603. The lowest BCUT2D eigenvalue weighted by atomic mass is 10.2. The predicted octanol–water partition coefficient (Wildman–Crippen LogP) is 3.21. The molecule has 2 rings (SSSR count). The number of benzene rings is 2. The standard InChI is InChI=1S/C18H20FN3O2/c1-3-24-18(23)17(20-12-14-6-4-5-7-16(14)19)22-21-15-10-8-13(2)9-11-15/h4-11,21H,3,12H2,1-2H3,(H,20,22). The van der Waals surface area contributed by atoms with Crippen molar-refractivity contribution in [1.29, 1.82) is 0 Å². The van der Waals surface area contributed by atoms with E-state index in [1.54, 1.807) is 25.1 Å². The zero-order valence-electron chi connectivity index (χ0n) is 13.7. The number of amidine groups is 1. The maximum atomic E-state index is 13.7. The number of nitrogens with one attached hydrogen (secondary N) is 2. The highest BCUT2D eigenvalue weighted by Crippen LogP contribution is 2.09. The Kier molecular flexibility index (Phi) is 6.31. The molecule has 2 aromatic carbocycles. The van der Waals surface area contributed by atoms with Crippen molar-refractivity contribution in [2.45, 2.75) is 20.4 Å². The molecule has 0 fully saturated rings. The maximum Gasteiger partial charge on any atom is 0.375 e. The molecule has 6 heteroatoms. The van der Waals surface area contributed by atoms with Crippen LogP contribution in [0.2, 0.25) is 0 Å². The molecule has 0 heterocycles. The molecule has 0 aliphatic carbocycles. The Morgan fingerprint density at radius 3 is 2.54 bits per heavy atom. The second-order valence-corrected chi connectivity index (χ2v) is 5.09. The van der Waals surface area contributed by atoms with Gasteiger partial charge >= 0.3 is 5.97 Å². The molecule has 0 bridgehead atoms. The van der Waals surface area contributed by atoms with Crippen LogP contribution in [-0.4, -0.2) is 18.4 Å². The van der Waals surface area contributed by atoms with E-state index in [4.69, 9.17) is 4.74 Å². The van der Waals surface area contributed by atoms with Crippen LogP contribution in [0.3, 0.4) is 0 Å². The van der Waals surface area contributed by atoms with Gasteiger partial charge < -0.3 is 4.74 Å². The molecule has 24 heavy (non-hydrogen) atoms. The topological polar surface area (TPSA) is 62.7 Å². The summed E-state index contributed by atoms with van der Waals surface area (Å²) in [6.07, 6.45) is 0. The maximum absolute atomic E-state index is 13.7. The van der Waals surface area contributed by atoms with Gasteiger partial charge in [-0.2, -0.15) is 0 Å². The zero-order valence-corrected chi connectivity index (χ0v) is 13.7. The van der Waals surface area contributed by atoms with Gasteiger partial charge in [-0.15, -0.1) is 0 Å². The van der Waals surface area contributed by atoms with Gasteiger partial charge in [0.1, 0.15) is 5.82 Å². The van der Waals surface area contributed by atoms with Crippen molar-refractivity contribution in [3.05, 3.63) is 65.5 Å². The van der Waals surface area contributed by atoms with Crippen molar-refractivity contribution >= 4 is 17.5 Å². The number of nitrogens with zero attached hydrogens (tertiary/aromatic N) is 1. The summed E-state index contributed by atoms with van der Waals surface area (Å²) < 4.78 is 18.6. The Morgan fingerprint density at radius 2 is 1.88 bits per heavy atom. The van der Waals surface area contributed by atoms with Gasteiger partial charge in [-0.05, 0) is 32.0 Å². The van der Waals surface area contributed by atoms with Gasteiger partial charge in [0.05, 0.1) is 18.8 Å². The van der Waals surface area contributed by atoms with E-state index in [1.165, 1.54) is 6.07 Å². The number of carbonyl (C=O) groups is 1. The molecule has 0 amide bonds. The summed E-state index contributed by atoms with van der Waals surface area (Å²) >= 11 is 0. The highest BCUT2D eigenvalue weighted by atomic mass is 19.1. The second-order valence-electron chi connectivity index (χ2n) is 5.09. The number of ether oxygens (including phenoxy) is 1. The largest absolute Gasteiger partial charge is 0.460 e. The van der Waals surface area contributed by atoms with Crippen LogP contribution in [0.15, 0.2) is 53.5 Å². The lowest BCUT2D eigenvalue weighted by Gasteiger charge is -2.12. The lowest BCUT2D eigenvalue weighted by molar-refractivity contribution is -0.135. The van der Waals surface area contributed by atoms with Gasteiger partial charge in [-0.3, -0.25) is 15.8 Å². The monoisotopic (exact) mass is 329 g/mol. The smallest absolute Gasteiger partial charge is 0.375 e. The molecule has 5 nitrogen and oxygen atoms in total. The average Bonchev–Trinajstić information content (AvgIpc) is 2.58. The normalized spacial score (nSPS) is 11.0. The highest BCUT2D eigenvalue weighted by Gasteiger charge is 2.12. The summed E-state index contributed by atoms with van der Waals surface area (Å²) in [4.78, 5) is 16.1. The predicted molar refractivity (Wildman–Crippen MR) is 92.1 cm³/mol. The number of rotatable bonds is 5. The van der Waals surface area contributed by atoms with Gasteiger partial charge in [0, 0.05) is 5.56 Å². The Balaban J connectivity index is 2.09. The van der Waals surface area contributed by atoms with E-state index in [1.807, 2.05) is 31.2 Å². The number of hydrazine groups is 1. The number of anilines is 1. The number of halogens is 1. The van der Waals surface area contributed by atoms with Crippen molar-refractivity contribution in [1.82, 2.24) is 5.43 Å². The summed E-state index contributed by atoms with van der Waals surface area (Å²) in [6.45, 7) is 3.95. The van der Waals surface area contributed by atoms with Gasteiger partial charge in [0.2, 0.25) is 5.84 Å². The zero-order chi connectivity index (χ0) is 17.4. The molecule has 0 spiro atoms. The first-order chi connectivity index (χ1) is 11.6. The van der Waals surface area contributed by atoms with E-state index in [9.17, 15) is 9.18 Å². The molecule has 0 saturated heterocycles. The summed E-state index contributed by atoms with van der Waals surface area (Å²) in [6, 6.07) is 13.9. The first-order valence-electron chi connectivity index (χ1n) is 7.64. The number of aryl methyl sites for hydroxylation is 1. The van der Waals surface area contributed by atoms with Crippen molar-refractivity contribution in [2.24, 2.45) is 4.99 Å². The Hall–Kier alpha value is -2.89. The van der Waals surface area contributed by atoms with Gasteiger partial charge in [0.25, 0.3) is 0 Å². The second kappa shape index (κ2) is 8.67. The fourth-order valence-electron chi connectivity index (χ4n) is 1.91. The molecule has 2 aromatic rings. The number of hydrogen-bond acceptors (Lipinski definition) is 4. The molecule has 0 aromatic heterocycles. The molecule has 0 atom stereocenters. The summed E-state index contributed by atoms with van der Waals surface area (Å²) in [7, 11) is 0. The molecule has 2 N–H and O–H groups in total. The highest BCUT2D eigenvalue weighted by molar-refractivity contribution is 6.35. The molecular formula is C18H20FN3O2. The van der Waals surface area contributed by atoms with E-state index >= 15 is 0 Å². The van der Waals surface area contributed by atoms with E-state index in [2.05, 4.69) is 15.8 Å². The van der Waals surface area contributed by atoms with E-state index in [-0.39, 0.29) is 24.8 Å². The van der Waals surface area contributed by atoms with Gasteiger partial charge in [-0.25, -0.2) is 9.18 Å². The van der Waals surface area contributed by atoms with Crippen molar-refractivity contribution in [2.75, 3.05) is 12.0 Å². The molecule has 126 valence electrons. The van der Waals surface area contributed by atoms with E-state index in [0.29, 0.717) is 5.56 Å². The summed E-state index contributed by atoms with van der Waals surface area (Å²) in [5.41, 5.74) is 7.91. The Morgan fingerprint density at radius 1 is 1.17 bits per heavy atom. The first-order valence-corrected chi connectivity index (χ1v) is 7.64. The van der Waals surface area contributed by atoms with Crippen LogP contribution in [0.5, 0.6) is 0 Å². The van der Waals surface area contributed by atoms with E-state index < -0.39 is 5.97 Å². The third-order valence-electron chi connectivity index (χ3n) is 3.21. The average molecular weight is 329 g/mol. The van der Waals surface area contributed by atoms with Crippen molar-refractivity contribution in [3.63, 3.8) is 0 Å². The minimum absolute atomic E-state index is 0.0133. The van der Waals surface area contributed by atoms with Crippen LogP contribution in [0.25, 0.3) is 0 Å². The first kappa shape index (κ1) is 17.5. The van der Waals surface area contributed by atoms with Crippen molar-refractivity contribution < 1.29 is 13.9 Å². The molecule has 0 saturated carbocycles. The number of esters is 1. The Labute approximate surface area is 140 Å². The third kappa shape index (κ3) is 5.08. The van der Waals surface area contributed by atoms with Crippen LogP contribution in [0.1, 0.15) is 18.1 Å². The molecular weight excluding hydrogens is 309 g/mol. The summed E-state index contributed by atoms with van der Waals surface area (Å²) in [5, 5.41) is 0. The molecule has 0 aliphatic rings. The molecule has 0 unspecified atom stereocenters. The third-order valence-corrected chi connectivity index (χ3v) is 3.21. The van der Waals surface area contributed by atoms with Crippen LogP contribution >= 0.6 is 0 Å². The number of hydrogen-bond donors (Lipinski definition) is 2. The van der Waals surface area contributed by atoms with Crippen LogP contribution < -0.4 is 10.9 Å². The van der Waals surface area contributed by atoms with Crippen LogP contribution in [0, 0.1) is 12.7 Å². The van der Waals surface area contributed by atoms with Crippen LogP contribution in [0.4, 0.5) is 10.1 Å². The number of aliphatic imine (C=N–C) groups is 1. The van der Waals surface area contributed by atoms with Gasteiger partial charge in [-0.1, -0.05) is 35.9 Å². The number of carbonyl (C=O) groups excluding carboxylic acids is 1. The van der Waals surface area contributed by atoms with Gasteiger partial charge in [0.15, 0.2) is 0 Å². The fraction of sp³-hybridized carbons (Fsp3) is 0.222. The Bertz CT molecular complexity index is 714. The minimum Gasteiger partial charge on any atom is -0.460 e. The lowest BCUT2D eigenvalue weighted by Crippen LogP contribution is -2.37. The molecule has 0 aliphatic heterocycles. The molecule has 0 radical (unpaired) electrons. The quantitative estimate of drug-likeness (QED) is 0.383. The summed E-state index contributed by atoms with van der Waals surface area (Å²) in [5.74, 6) is -0.981. The fourth-order valence-corrected chi connectivity index (χ4v) is 1.91. The van der Waals surface area contributed by atoms with Crippen LogP contribution in [-0.2, 0) is 16.1 Å². The van der Waals surface area contributed by atoms with E-state index in [0.717, 1.165) is 11.3 Å².